The van der Waals surface area contributed by atoms with Crippen LogP contribution >= 0.6 is 0 Å². The van der Waals surface area contributed by atoms with Gasteiger partial charge in [0, 0.05) is 12.6 Å². The Labute approximate surface area is 76.4 Å². The summed E-state index contributed by atoms with van der Waals surface area (Å²) < 4.78 is 1.94. The summed E-state index contributed by atoms with van der Waals surface area (Å²) in [4.78, 5) is 0. The lowest BCUT2D eigenvalue weighted by molar-refractivity contribution is 0.818. The largest absolute Gasteiger partial charge is 0.396 e. The molecular weight excluding hydrogens is 164 g/mol. The first kappa shape index (κ1) is 8.04. The van der Waals surface area contributed by atoms with Crippen molar-refractivity contribution in [3.63, 3.8) is 0 Å². The topological polar surface area (TPSA) is 56.2 Å². The Morgan fingerprint density at radius 1 is 1.46 bits per heavy atom. The van der Waals surface area contributed by atoms with Crippen LogP contribution in [0.5, 0.6) is 0 Å². The van der Waals surface area contributed by atoms with Crippen LogP contribution in [0.1, 0.15) is 19.2 Å². The number of nitrogens with two attached hydrogens (primary N) is 1. The molecule has 0 aromatic carbocycles. The quantitative estimate of drug-likeness (QED) is 0.749. The molecule has 0 saturated heterocycles. The molecule has 0 aliphatic rings. The molecule has 2 rings (SSSR count). The molecule has 0 unspecified atom stereocenters. The molecule has 0 aliphatic heterocycles. The van der Waals surface area contributed by atoms with Gasteiger partial charge in [-0.3, -0.25) is 4.40 Å². The summed E-state index contributed by atoms with van der Waals surface area (Å²) in [6.45, 7) is 2.12. The van der Waals surface area contributed by atoms with E-state index in [2.05, 4.69) is 17.1 Å². The van der Waals surface area contributed by atoms with E-state index in [-0.39, 0.29) is 0 Å². The number of anilines is 1. The fraction of sp³-hybridized carbons (Fsp3) is 0.333. The van der Waals surface area contributed by atoms with Crippen molar-refractivity contribution < 1.29 is 0 Å². The second kappa shape index (κ2) is 3.05. The molecule has 2 aromatic rings. The SMILES string of the molecule is CCCc1nnc2c(N)cccn12. The molecule has 0 aliphatic carbocycles. The molecule has 68 valence electrons. The van der Waals surface area contributed by atoms with E-state index in [4.69, 9.17) is 5.73 Å². The number of pyridine rings is 1. The third-order valence-electron chi connectivity index (χ3n) is 2.01. The summed E-state index contributed by atoms with van der Waals surface area (Å²) in [5.41, 5.74) is 7.18. The van der Waals surface area contributed by atoms with Gasteiger partial charge in [-0.2, -0.15) is 0 Å². The number of aromatic nitrogens is 3. The van der Waals surface area contributed by atoms with E-state index in [0.717, 1.165) is 24.3 Å². The van der Waals surface area contributed by atoms with Gasteiger partial charge in [0.2, 0.25) is 0 Å². The monoisotopic (exact) mass is 176 g/mol. The Balaban J connectivity index is 2.61. The predicted octanol–water partition coefficient (Wildman–Crippen LogP) is 1.26. The summed E-state index contributed by atoms with van der Waals surface area (Å²) in [6, 6.07) is 3.74. The highest BCUT2D eigenvalue weighted by Gasteiger charge is 2.05. The fourth-order valence-corrected chi connectivity index (χ4v) is 1.38. The van der Waals surface area contributed by atoms with E-state index in [9.17, 15) is 0 Å². The maximum absolute atomic E-state index is 5.74. The van der Waals surface area contributed by atoms with Crippen LogP contribution in [-0.2, 0) is 6.42 Å². The Morgan fingerprint density at radius 3 is 3.08 bits per heavy atom. The van der Waals surface area contributed by atoms with Gasteiger partial charge >= 0.3 is 0 Å². The predicted molar refractivity (Wildman–Crippen MR) is 51.4 cm³/mol. The van der Waals surface area contributed by atoms with Gasteiger partial charge in [-0.1, -0.05) is 6.92 Å². The fourth-order valence-electron chi connectivity index (χ4n) is 1.38. The van der Waals surface area contributed by atoms with Gasteiger partial charge in [0.15, 0.2) is 5.65 Å². The standard InChI is InChI=1S/C9H12N4/c1-2-4-8-11-12-9-7(10)5-3-6-13(8)9/h3,5-6H,2,4,10H2,1H3. The maximum atomic E-state index is 5.74. The van der Waals surface area contributed by atoms with Gasteiger partial charge in [-0.15, -0.1) is 10.2 Å². The highest BCUT2D eigenvalue weighted by molar-refractivity contribution is 5.63. The Bertz CT molecular complexity index is 418. The van der Waals surface area contributed by atoms with Crippen LogP contribution in [0.25, 0.3) is 5.65 Å². The van der Waals surface area contributed by atoms with E-state index in [1.807, 2.05) is 22.7 Å². The van der Waals surface area contributed by atoms with Crippen LogP contribution in [0.15, 0.2) is 18.3 Å². The Kier molecular flexibility index (Phi) is 1.88. The molecular formula is C9H12N4. The molecule has 4 nitrogen and oxygen atoms in total. The summed E-state index contributed by atoms with van der Waals surface area (Å²) >= 11 is 0. The van der Waals surface area contributed by atoms with E-state index >= 15 is 0 Å². The van der Waals surface area contributed by atoms with E-state index < -0.39 is 0 Å². The summed E-state index contributed by atoms with van der Waals surface area (Å²) in [6.07, 6.45) is 3.94. The van der Waals surface area contributed by atoms with Gasteiger partial charge in [-0.05, 0) is 18.6 Å². The first-order valence-electron chi connectivity index (χ1n) is 4.41. The first-order chi connectivity index (χ1) is 6.33. The molecule has 13 heavy (non-hydrogen) atoms. The van der Waals surface area contributed by atoms with Crippen molar-refractivity contribution in [3.8, 4) is 0 Å². The smallest absolute Gasteiger partial charge is 0.183 e. The van der Waals surface area contributed by atoms with Gasteiger partial charge in [0.1, 0.15) is 5.82 Å². The van der Waals surface area contributed by atoms with Crippen LogP contribution in [-0.4, -0.2) is 14.6 Å². The third kappa shape index (κ3) is 1.24. The molecule has 0 atom stereocenters. The van der Waals surface area contributed by atoms with E-state index in [0.29, 0.717) is 5.69 Å². The molecule has 0 bridgehead atoms. The first-order valence-corrected chi connectivity index (χ1v) is 4.41. The summed E-state index contributed by atoms with van der Waals surface area (Å²) in [7, 11) is 0. The Hall–Kier alpha value is -1.58. The number of hydrogen-bond acceptors (Lipinski definition) is 3. The number of nitrogen functional groups attached to an aromatic ring is 1. The molecule has 4 heteroatoms. The minimum absolute atomic E-state index is 0.678. The summed E-state index contributed by atoms with van der Waals surface area (Å²) in [5.74, 6) is 0.977. The molecule has 2 aromatic heterocycles. The van der Waals surface area contributed by atoms with Crippen molar-refractivity contribution in [3.05, 3.63) is 24.2 Å². The zero-order chi connectivity index (χ0) is 9.26. The number of rotatable bonds is 2. The van der Waals surface area contributed by atoms with E-state index in [1.165, 1.54) is 0 Å². The van der Waals surface area contributed by atoms with Gasteiger partial charge < -0.3 is 5.73 Å². The van der Waals surface area contributed by atoms with Crippen LogP contribution in [0, 0.1) is 0 Å². The van der Waals surface area contributed by atoms with Crippen LogP contribution in [0.2, 0.25) is 0 Å². The van der Waals surface area contributed by atoms with Crippen molar-refractivity contribution in [2.75, 3.05) is 5.73 Å². The average molecular weight is 176 g/mol. The third-order valence-corrected chi connectivity index (χ3v) is 2.01. The highest BCUT2D eigenvalue weighted by atomic mass is 15.2. The molecule has 2 heterocycles. The molecule has 0 spiro atoms. The van der Waals surface area contributed by atoms with E-state index in [1.54, 1.807) is 0 Å². The second-order valence-corrected chi connectivity index (χ2v) is 3.02. The Morgan fingerprint density at radius 2 is 2.31 bits per heavy atom. The molecule has 2 N–H and O–H groups in total. The molecule has 0 amide bonds. The van der Waals surface area contributed by atoms with Gasteiger partial charge in [-0.25, -0.2) is 0 Å². The summed E-state index contributed by atoms with van der Waals surface area (Å²) in [5, 5.41) is 8.10. The van der Waals surface area contributed by atoms with Crippen molar-refractivity contribution in [1.29, 1.82) is 0 Å². The number of nitrogens with zero attached hydrogens (tertiary/aromatic N) is 3. The van der Waals surface area contributed by atoms with Crippen molar-refractivity contribution in [2.45, 2.75) is 19.8 Å². The molecule has 0 radical (unpaired) electrons. The van der Waals surface area contributed by atoms with Crippen LogP contribution < -0.4 is 5.73 Å². The number of aryl methyl sites for hydroxylation is 1. The minimum atomic E-state index is 0.678. The van der Waals surface area contributed by atoms with Crippen LogP contribution in [0.3, 0.4) is 0 Å². The minimum Gasteiger partial charge on any atom is -0.396 e. The lowest BCUT2D eigenvalue weighted by Crippen LogP contribution is -1.95. The number of hydrogen-bond donors (Lipinski definition) is 1. The van der Waals surface area contributed by atoms with Crippen LogP contribution in [0.4, 0.5) is 5.69 Å². The average Bonchev–Trinajstić information content (AvgIpc) is 2.51. The van der Waals surface area contributed by atoms with Gasteiger partial charge in [0.05, 0.1) is 5.69 Å². The van der Waals surface area contributed by atoms with Gasteiger partial charge in [0.25, 0.3) is 0 Å². The molecule has 0 fully saturated rings. The second-order valence-electron chi connectivity index (χ2n) is 3.02. The van der Waals surface area contributed by atoms with Crippen molar-refractivity contribution >= 4 is 11.3 Å². The normalized spacial score (nSPS) is 10.8. The van der Waals surface area contributed by atoms with Crippen molar-refractivity contribution in [2.24, 2.45) is 0 Å². The lowest BCUT2D eigenvalue weighted by atomic mass is 10.3. The maximum Gasteiger partial charge on any atom is 0.183 e. The molecule has 0 saturated carbocycles. The lowest BCUT2D eigenvalue weighted by Gasteiger charge is -1.98. The zero-order valence-corrected chi connectivity index (χ0v) is 7.57. The zero-order valence-electron chi connectivity index (χ0n) is 7.57. The highest BCUT2D eigenvalue weighted by Crippen LogP contribution is 2.12. The van der Waals surface area contributed by atoms with Crippen molar-refractivity contribution in [1.82, 2.24) is 14.6 Å². The number of fused-ring (bicyclic) bond motifs is 1.